The van der Waals surface area contributed by atoms with Crippen LogP contribution in [0.1, 0.15) is 30.4 Å². The highest BCUT2D eigenvalue weighted by Gasteiger charge is 2.32. The molecule has 0 bridgehead atoms. The Labute approximate surface area is 151 Å². The van der Waals surface area contributed by atoms with Gasteiger partial charge in [0.2, 0.25) is 0 Å². The largest absolute Gasteiger partial charge is 0.510 e. The fraction of sp³-hybridized carbons (Fsp3) is 0.316. The van der Waals surface area contributed by atoms with Gasteiger partial charge in [-0.2, -0.15) is 0 Å². The summed E-state index contributed by atoms with van der Waals surface area (Å²) < 4.78 is 15.8. The summed E-state index contributed by atoms with van der Waals surface area (Å²) in [4.78, 5) is 11.7. The summed E-state index contributed by atoms with van der Waals surface area (Å²) in [5.41, 5.74) is 2.94. The smallest absolute Gasteiger partial charge is 0.496 e. The minimum absolute atomic E-state index is 0.0227. The quantitative estimate of drug-likeness (QED) is 0.793. The molecule has 1 heterocycles. The summed E-state index contributed by atoms with van der Waals surface area (Å²) in [6, 6.07) is 13.5. The monoisotopic (exact) mass is 361 g/mol. The Kier molecular flexibility index (Phi) is 5.34. The Morgan fingerprint density at radius 3 is 2.80 bits per heavy atom. The van der Waals surface area contributed by atoms with E-state index in [0.29, 0.717) is 11.4 Å². The number of benzene rings is 2. The number of halogens is 1. The molecule has 0 fully saturated rings. The van der Waals surface area contributed by atoms with Crippen molar-refractivity contribution in [1.29, 1.82) is 0 Å². The minimum atomic E-state index is -0.684. The van der Waals surface area contributed by atoms with Crippen molar-refractivity contribution in [2.24, 2.45) is 0 Å². The first-order valence-electron chi connectivity index (χ1n) is 8.14. The lowest BCUT2D eigenvalue weighted by atomic mass is 9.84. The van der Waals surface area contributed by atoms with Crippen LogP contribution in [-0.4, -0.2) is 26.1 Å². The predicted molar refractivity (Wildman–Crippen MR) is 96.4 cm³/mol. The van der Waals surface area contributed by atoms with Crippen LogP contribution < -0.4 is 10.1 Å². The van der Waals surface area contributed by atoms with Crippen LogP contribution in [0.3, 0.4) is 0 Å². The van der Waals surface area contributed by atoms with Crippen LogP contribution in [0, 0.1) is 0 Å². The summed E-state index contributed by atoms with van der Waals surface area (Å²) in [5, 5.41) is 3.89. The zero-order chi connectivity index (χ0) is 17.8. The maximum atomic E-state index is 11.7. The highest BCUT2D eigenvalue weighted by Crippen LogP contribution is 2.43. The Bertz CT molecular complexity index is 765. The van der Waals surface area contributed by atoms with E-state index in [4.69, 9.17) is 25.8 Å². The molecule has 0 amide bonds. The van der Waals surface area contributed by atoms with Gasteiger partial charge < -0.3 is 19.5 Å². The molecule has 1 aliphatic heterocycles. The summed E-state index contributed by atoms with van der Waals surface area (Å²) in [6.45, 7) is 2.01. The molecule has 25 heavy (non-hydrogen) atoms. The van der Waals surface area contributed by atoms with Crippen LogP contribution in [-0.2, 0) is 9.47 Å². The number of hydrogen-bond donors (Lipinski definition) is 1. The van der Waals surface area contributed by atoms with Gasteiger partial charge >= 0.3 is 6.16 Å². The maximum Gasteiger partial charge on any atom is 0.510 e. The van der Waals surface area contributed by atoms with Crippen LogP contribution in [0.25, 0.3) is 0 Å². The molecule has 2 unspecified atom stereocenters. The van der Waals surface area contributed by atoms with Crippen molar-refractivity contribution >= 4 is 23.4 Å². The van der Waals surface area contributed by atoms with Gasteiger partial charge in [-0.25, -0.2) is 4.79 Å². The van der Waals surface area contributed by atoms with Crippen molar-refractivity contribution in [3.63, 3.8) is 0 Å². The van der Waals surface area contributed by atoms with Gasteiger partial charge in [0.1, 0.15) is 5.75 Å². The molecule has 5 nitrogen and oxygen atoms in total. The minimum Gasteiger partial charge on any atom is -0.496 e. The first kappa shape index (κ1) is 17.4. The Balaban J connectivity index is 1.97. The first-order chi connectivity index (χ1) is 12.1. The number of fused-ring (bicyclic) bond motifs is 1. The fourth-order valence-electron chi connectivity index (χ4n) is 3.12. The number of rotatable bonds is 4. The van der Waals surface area contributed by atoms with E-state index >= 15 is 0 Å². The Morgan fingerprint density at radius 1 is 1.24 bits per heavy atom. The van der Waals surface area contributed by atoms with Gasteiger partial charge in [-0.15, -0.1) is 0 Å². The second kappa shape index (κ2) is 7.66. The normalized spacial score (nSPS) is 18.7. The molecule has 1 N–H and O–H groups in total. The molecule has 132 valence electrons. The molecule has 1 aliphatic rings. The second-order valence-electron chi connectivity index (χ2n) is 5.70. The van der Waals surface area contributed by atoms with Crippen LogP contribution in [0.15, 0.2) is 42.5 Å². The molecule has 0 aromatic heterocycles. The van der Waals surface area contributed by atoms with Crippen molar-refractivity contribution in [3.8, 4) is 5.75 Å². The van der Waals surface area contributed by atoms with E-state index in [1.54, 1.807) is 20.1 Å². The number of para-hydroxylation sites is 1. The van der Waals surface area contributed by atoms with E-state index in [1.807, 2.05) is 36.4 Å². The molecule has 6 heteroatoms. The third-order valence-corrected chi connectivity index (χ3v) is 4.41. The van der Waals surface area contributed by atoms with Gasteiger partial charge in [0, 0.05) is 28.6 Å². The molecule has 3 rings (SSSR count). The standard InChI is InChI=1S/C19H20ClNO4/c1-3-24-19(22)25-18-11-14(13-6-4-5-7-17(13)23-2)15-10-12(20)8-9-16(15)21-18/h4-10,14,18,21H,3,11H2,1-2H3. The second-order valence-corrected chi connectivity index (χ2v) is 6.13. The highest BCUT2D eigenvalue weighted by atomic mass is 35.5. The summed E-state index contributed by atoms with van der Waals surface area (Å²) in [5.74, 6) is 0.765. The molecular formula is C19H20ClNO4. The van der Waals surface area contributed by atoms with Gasteiger partial charge in [-0.3, -0.25) is 0 Å². The zero-order valence-electron chi connectivity index (χ0n) is 14.1. The highest BCUT2D eigenvalue weighted by molar-refractivity contribution is 6.30. The molecular weight excluding hydrogens is 342 g/mol. The number of hydrogen-bond acceptors (Lipinski definition) is 5. The maximum absolute atomic E-state index is 11.7. The molecule has 0 radical (unpaired) electrons. The van der Waals surface area contributed by atoms with E-state index in [-0.39, 0.29) is 12.5 Å². The van der Waals surface area contributed by atoms with E-state index in [9.17, 15) is 4.79 Å². The topological polar surface area (TPSA) is 56.8 Å². The third kappa shape index (κ3) is 3.82. The van der Waals surface area contributed by atoms with Crippen LogP contribution >= 0.6 is 11.6 Å². The van der Waals surface area contributed by atoms with Crippen LogP contribution in [0.4, 0.5) is 10.5 Å². The number of carbonyl (C=O) groups excluding carboxylic acids is 1. The molecule has 0 saturated heterocycles. The fourth-order valence-corrected chi connectivity index (χ4v) is 3.30. The predicted octanol–water partition coefficient (Wildman–Crippen LogP) is 4.80. The van der Waals surface area contributed by atoms with Crippen molar-refractivity contribution in [2.45, 2.75) is 25.5 Å². The first-order valence-corrected chi connectivity index (χ1v) is 8.52. The molecule has 2 aromatic rings. The lowest BCUT2D eigenvalue weighted by Gasteiger charge is -2.33. The third-order valence-electron chi connectivity index (χ3n) is 4.17. The molecule has 0 spiro atoms. The summed E-state index contributed by atoms with van der Waals surface area (Å²) in [7, 11) is 1.64. The van der Waals surface area contributed by atoms with Crippen molar-refractivity contribution in [1.82, 2.24) is 0 Å². The zero-order valence-corrected chi connectivity index (χ0v) is 14.9. The van der Waals surface area contributed by atoms with E-state index in [0.717, 1.165) is 22.6 Å². The lowest BCUT2D eigenvalue weighted by molar-refractivity contribution is 0.0301. The van der Waals surface area contributed by atoms with Gasteiger partial charge in [0.15, 0.2) is 6.23 Å². The number of nitrogens with one attached hydrogen (secondary N) is 1. The summed E-state index contributed by atoms with van der Waals surface area (Å²) in [6.07, 6.45) is -0.633. The van der Waals surface area contributed by atoms with Crippen molar-refractivity contribution in [3.05, 3.63) is 58.6 Å². The SMILES string of the molecule is CCOC(=O)OC1CC(c2ccccc2OC)c2cc(Cl)ccc2N1. The van der Waals surface area contributed by atoms with Crippen molar-refractivity contribution < 1.29 is 19.0 Å². The number of carbonyl (C=O) groups is 1. The van der Waals surface area contributed by atoms with Gasteiger partial charge in [-0.05, 0) is 36.8 Å². The van der Waals surface area contributed by atoms with E-state index in [2.05, 4.69) is 5.32 Å². The van der Waals surface area contributed by atoms with Gasteiger partial charge in [0.05, 0.1) is 13.7 Å². The van der Waals surface area contributed by atoms with Crippen LogP contribution in [0.2, 0.25) is 5.02 Å². The Morgan fingerprint density at radius 2 is 2.04 bits per heavy atom. The number of anilines is 1. The van der Waals surface area contributed by atoms with E-state index in [1.165, 1.54) is 0 Å². The molecule has 2 aromatic carbocycles. The van der Waals surface area contributed by atoms with Crippen LogP contribution in [0.5, 0.6) is 5.75 Å². The average Bonchev–Trinajstić information content (AvgIpc) is 2.61. The lowest BCUT2D eigenvalue weighted by Crippen LogP contribution is -2.33. The van der Waals surface area contributed by atoms with E-state index < -0.39 is 12.4 Å². The number of methoxy groups -OCH3 is 1. The molecule has 0 saturated carbocycles. The number of ether oxygens (including phenoxy) is 3. The molecule has 2 atom stereocenters. The van der Waals surface area contributed by atoms with Crippen molar-refractivity contribution in [2.75, 3.05) is 19.0 Å². The molecule has 0 aliphatic carbocycles. The Hall–Kier alpha value is -2.40. The average molecular weight is 362 g/mol. The summed E-state index contributed by atoms with van der Waals surface area (Å²) >= 11 is 6.20. The van der Waals surface area contributed by atoms with Gasteiger partial charge in [-0.1, -0.05) is 29.8 Å². The van der Waals surface area contributed by atoms with Gasteiger partial charge in [0.25, 0.3) is 0 Å².